The third kappa shape index (κ3) is 4.74. The molecular weight excluding hydrogens is 300 g/mol. The van der Waals surface area contributed by atoms with E-state index in [-0.39, 0.29) is 25.9 Å². The molecule has 1 aliphatic heterocycles. The third-order valence-corrected chi connectivity index (χ3v) is 3.57. The van der Waals surface area contributed by atoms with E-state index in [1.165, 1.54) is 0 Å². The zero-order chi connectivity index (χ0) is 16.9. The summed E-state index contributed by atoms with van der Waals surface area (Å²) in [7, 11) is 0. The van der Waals surface area contributed by atoms with E-state index in [0.717, 1.165) is 6.42 Å². The summed E-state index contributed by atoms with van der Waals surface area (Å²) in [6.45, 7) is 3.98. The van der Waals surface area contributed by atoms with E-state index < -0.39 is 11.6 Å². The van der Waals surface area contributed by atoms with Gasteiger partial charge in [0.2, 0.25) is 12.7 Å². The number of hydrogen-bond acceptors (Lipinski definition) is 6. The van der Waals surface area contributed by atoms with Crippen LogP contribution in [-0.2, 0) is 4.79 Å². The Bertz CT molecular complexity index is 547. The lowest BCUT2D eigenvalue weighted by Gasteiger charge is -2.23. The van der Waals surface area contributed by atoms with E-state index in [4.69, 9.17) is 19.9 Å². The van der Waals surface area contributed by atoms with Crippen LogP contribution in [0.15, 0.2) is 18.2 Å². The fraction of sp³-hybridized carbons (Fsp3) is 0.562. The number of hydrogen-bond donors (Lipinski definition) is 3. The first kappa shape index (κ1) is 17.4. The summed E-state index contributed by atoms with van der Waals surface area (Å²) in [6.07, 6.45) is 0.570. The second-order valence-corrected chi connectivity index (χ2v) is 5.86. The van der Waals surface area contributed by atoms with Crippen molar-refractivity contribution in [2.45, 2.75) is 38.3 Å². The minimum Gasteiger partial charge on any atom is -0.491 e. The molecule has 2 unspecified atom stereocenters. The number of aliphatic hydroxyl groups excluding tert-OH is 1. The molecule has 4 N–H and O–H groups in total. The summed E-state index contributed by atoms with van der Waals surface area (Å²) in [5, 5.41) is 12.6. The SMILES string of the molecule is CCCC(C)(N)C(=O)NCC(O)COc1ccc2c(c1)OCO2. The Morgan fingerprint density at radius 2 is 2.22 bits per heavy atom. The van der Waals surface area contributed by atoms with Crippen molar-refractivity contribution >= 4 is 5.91 Å². The molecular formula is C16H24N2O5. The van der Waals surface area contributed by atoms with Gasteiger partial charge in [-0.1, -0.05) is 13.3 Å². The Morgan fingerprint density at radius 3 is 2.96 bits per heavy atom. The number of fused-ring (bicyclic) bond motifs is 1. The highest BCUT2D eigenvalue weighted by Gasteiger charge is 2.27. The highest BCUT2D eigenvalue weighted by molar-refractivity contribution is 5.85. The molecule has 0 fully saturated rings. The number of ether oxygens (including phenoxy) is 3. The summed E-state index contributed by atoms with van der Waals surface area (Å²) in [4.78, 5) is 11.9. The van der Waals surface area contributed by atoms with E-state index >= 15 is 0 Å². The summed E-state index contributed by atoms with van der Waals surface area (Å²) >= 11 is 0. The molecule has 128 valence electrons. The van der Waals surface area contributed by atoms with Crippen LogP contribution in [0.2, 0.25) is 0 Å². The predicted molar refractivity (Wildman–Crippen MR) is 84.6 cm³/mol. The quantitative estimate of drug-likeness (QED) is 0.653. The Kier molecular flexibility index (Phi) is 5.68. The summed E-state index contributed by atoms with van der Waals surface area (Å²) in [5.41, 5.74) is 5.00. The van der Waals surface area contributed by atoms with Crippen molar-refractivity contribution in [3.63, 3.8) is 0 Å². The minimum atomic E-state index is -0.924. The number of rotatable bonds is 8. The van der Waals surface area contributed by atoms with Gasteiger partial charge in [0, 0.05) is 12.6 Å². The number of carbonyl (C=O) groups is 1. The molecule has 0 bridgehead atoms. The number of nitrogens with one attached hydrogen (secondary N) is 1. The lowest BCUT2D eigenvalue weighted by molar-refractivity contribution is -0.126. The van der Waals surface area contributed by atoms with Crippen molar-refractivity contribution in [3.8, 4) is 17.2 Å². The monoisotopic (exact) mass is 324 g/mol. The Hall–Kier alpha value is -1.99. The number of amides is 1. The van der Waals surface area contributed by atoms with Crippen LogP contribution < -0.4 is 25.3 Å². The largest absolute Gasteiger partial charge is 0.491 e. The average Bonchev–Trinajstić information content (AvgIpc) is 2.98. The summed E-state index contributed by atoms with van der Waals surface area (Å²) in [5.74, 6) is 1.57. The number of nitrogens with two attached hydrogens (primary N) is 1. The van der Waals surface area contributed by atoms with Crippen LogP contribution in [-0.4, -0.2) is 42.6 Å². The fourth-order valence-electron chi connectivity index (χ4n) is 2.26. The van der Waals surface area contributed by atoms with E-state index in [1.807, 2.05) is 6.92 Å². The van der Waals surface area contributed by atoms with Gasteiger partial charge in [-0.15, -0.1) is 0 Å². The smallest absolute Gasteiger partial charge is 0.239 e. The Labute approximate surface area is 135 Å². The van der Waals surface area contributed by atoms with Crippen molar-refractivity contribution < 1.29 is 24.1 Å². The van der Waals surface area contributed by atoms with Crippen LogP contribution in [0.4, 0.5) is 0 Å². The standard InChI is InChI=1S/C16H24N2O5/c1-3-6-16(2,17)15(20)18-8-11(19)9-21-12-4-5-13-14(7-12)23-10-22-13/h4-5,7,11,19H,3,6,8-10,17H2,1-2H3,(H,18,20). The lowest BCUT2D eigenvalue weighted by Crippen LogP contribution is -2.53. The molecule has 1 amide bonds. The van der Waals surface area contributed by atoms with Crippen molar-refractivity contribution in [1.29, 1.82) is 0 Å². The minimum absolute atomic E-state index is 0.0506. The molecule has 1 heterocycles. The van der Waals surface area contributed by atoms with Gasteiger partial charge in [0.05, 0.1) is 5.54 Å². The maximum absolute atomic E-state index is 11.9. The van der Waals surface area contributed by atoms with Crippen molar-refractivity contribution in [2.75, 3.05) is 19.9 Å². The van der Waals surface area contributed by atoms with E-state index in [0.29, 0.717) is 23.7 Å². The maximum atomic E-state index is 11.9. The zero-order valence-corrected chi connectivity index (χ0v) is 13.5. The molecule has 2 atom stereocenters. The van der Waals surface area contributed by atoms with Gasteiger partial charge in [-0.3, -0.25) is 4.79 Å². The number of carbonyl (C=O) groups excluding carboxylic acids is 1. The van der Waals surface area contributed by atoms with Crippen LogP contribution >= 0.6 is 0 Å². The second kappa shape index (κ2) is 7.52. The molecule has 0 aliphatic carbocycles. The summed E-state index contributed by atoms with van der Waals surface area (Å²) < 4.78 is 15.9. The van der Waals surface area contributed by atoms with Crippen molar-refractivity contribution in [2.24, 2.45) is 5.73 Å². The molecule has 1 aliphatic rings. The highest BCUT2D eigenvalue weighted by atomic mass is 16.7. The maximum Gasteiger partial charge on any atom is 0.239 e. The van der Waals surface area contributed by atoms with Crippen LogP contribution in [0.5, 0.6) is 17.2 Å². The van der Waals surface area contributed by atoms with Gasteiger partial charge < -0.3 is 30.4 Å². The molecule has 7 nitrogen and oxygen atoms in total. The molecule has 1 aromatic carbocycles. The van der Waals surface area contributed by atoms with Crippen molar-refractivity contribution in [1.82, 2.24) is 5.32 Å². The van der Waals surface area contributed by atoms with Gasteiger partial charge in [0.1, 0.15) is 18.5 Å². The van der Waals surface area contributed by atoms with Gasteiger partial charge in [0.15, 0.2) is 11.5 Å². The Balaban J connectivity index is 1.75. The lowest BCUT2D eigenvalue weighted by atomic mass is 9.96. The van der Waals surface area contributed by atoms with Crippen LogP contribution in [0, 0.1) is 0 Å². The van der Waals surface area contributed by atoms with E-state index in [1.54, 1.807) is 25.1 Å². The normalized spacial score (nSPS) is 16.5. The molecule has 0 saturated carbocycles. The molecule has 7 heteroatoms. The second-order valence-electron chi connectivity index (χ2n) is 5.86. The van der Waals surface area contributed by atoms with Gasteiger partial charge >= 0.3 is 0 Å². The first-order valence-electron chi connectivity index (χ1n) is 7.70. The van der Waals surface area contributed by atoms with Crippen LogP contribution in [0.1, 0.15) is 26.7 Å². The van der Waals surface area contributed by atoms with Crippen LogP contribution in [0.3, 0.4) is 0 Å². The first-order valence-corrected chi connectivity index (χ1v) is 7.70. The zero-order valence-electron chi connectivity index (χ0n) is 13.5. The molecule has 2 rings (SSSR count). The van der Waals surface area contributed by atoms with Gasteiger partial charge in [-0.25, -0.2) is 0 Å². The third-order valence-electron chi connectivity index (χ3n) is 3.57. The van der Waals surface area contributed by atoms with Crippen molar-refractivity contribution in [3.05, 3.63) is 18.2 Å². The molecule has 0 spiro atoms. The number of benzene rings is 1. The van der Waals surface area contributed by atoms with Crippen LogP contribution in [0.25, 0.3) is 0 Å². The molecule has 0 saturated heterocycles. The first-order chi connectivity index (χ1) is 10.9. The van der Waals surface area contributed by atoms with Gasteiger partial charge in [-0.05, 0) is 25.5 Å². The predicted octanol–water partition coefficient (Wildman–Crippen LogP) is 0.789. The summed E-state index contributed by atoms with van der Waals surface area (Å²) in [6, 6.07) is 5.18. The van der Waals surface area contributed by atoms with Gasteiger partial charge in [0.25, 0.3) is 0 Å². The molecule has 23 heavy (non-hydrogen) atoms. The highest BCUT2D eigenvalue weighted by Crippen LogP contribution is 2.35. The topological polar surface area (TPSA) is 103 Å². The molecule has 1 aromatic rings. The Morgan fingerprint density at radius 1 is 1.48 bits per heavy atom. The average molecular weight is 324 g/mol. The molecule has 0 aromatic heterocycles. The van der Waals surface area contributed by atoms with Gasteiger partial charge in [-0.2, -0.15) is 0 Å². The van der Waals surface area contributed by atoms with E-state index in [9.17, 15) is 9.90 Å². The molecule has 0 radical (unpaired) electrons. The fourth-order valence-corrected chi connectivity index (χ4v) is 2.26. The number of aliphatic hydroxyl groups is 1. The van der Waals surface area contributed by atoms with E-state index in [2.05, 4.69) is 5.32 Å².